The van der Waals surface area contributed by atoms with Crippen LogP contribution in [0.5, 0.6) is 11.5 Å². The van der Waals surface area contributed by atoms with Crippen LogP contribution in [0.25, 0.3) is 10.1 Å². The fraction of sp³-hybridized carbons (Fsp3) is 0.148. The van der Waals surface area contributed by atoms with Crippen LogP contribution in [-0.2, 0) is 0 Å². The van der Waals surface area contributed by atoms with Crippen molar-refractivity contribution < 1.29 is 19.1 Å². The van der Waals surface area contributed by atoms with E-state index in [4.69, 9.17) is 21.1 Å². The summed E-state index contributed by atoms with van der Waals surface area (Å²) in [5, 5.41) is 5.21. The third-order valence-electron chi connectivity index (χ3n) is 5.05. The molecule has 1 aromatic heterocycles. The summed E-state index contributed by atoms with van der Waals surface area (Å²) in [6.07, 6.45) is 3.52. The van der Waals surface area contributed by atoms with Gasteiger partial charge >= 0.3 is 5.97 Å². The molecule has 1 N–H and O–H groups in total. The van der Waals surface area contributed by atoms with E-state index in [2.05, 4.69) is 17.5 Å². The largest absolute Gasteiger partial charge is 0.494 e. The molecule has 6 nitrogen and oxygen atoms in total. The maximum absolute atomic E-state index is 12.7. The molecule has 8 heteroatoms. The van der Waals surface area contributed by atoms with Crippen molar-refractivity contribution in [2.75, 3.05) is 6.61 Å². The van der Waals surface area contributed by atoms with E-state index in [0.29, 0.717) is 33.4 Å². The minimum absolute atomic E-state index is 0.344. The van der Waals surface area contributed by atoms with E-state index in [1.54, 1.807) is 48.5 Å². The lowest BCUT2D eigenvalue weighted by molar-refractivity contribution is 0.0740. The number of amides is 1. The van der Waals surface area contributed by atoms with E-state index in [-0.39, 0.29) is 5.91 Å². The Labute approximate surface area is 212 Å². The summed E-state index contributed by atoms with van der Waals surface area (Å²) >= 11 is 7.66. The van der Waals surface area contributed by atoms with Crippen LogP contribution < -0.4 is 14.9 Å². The van der Waals surface area contributed by atoms with Gasteiger partial charge in [0.1, 0.15) is 16.4 Å². The van der Waals surface area contributed by atoms with Crippen molar-refractivity contribution in [1.29, 1.82) is 0 Å². The lowest BCUT2D eigenvalue weighted by Gasteiger charge is -2.06. The van der Waals surface area contributed by atoms with Crippen molar-refractivity contribution >= 4 is 51.1 Å². The second kappa shape index (κ2) is 11.6. The monoisotopic (exact) mass is 506 g/mol. The van der Waals surface area contributed by atoms with Crippen LogP contribution in [-0.4, -0.2) is 24.7 Å². The van der Waals surface area contributed by atoms with Crippen LogP contribution in [0.1, 0.15) is 45.4 Å². The highest BCUT2D eigenvalue weighted by atomic mass is 35.5. The Balaban J connectivity index is 1.35. The Morgan fingerprint density at radius 2 is 1.83 bits per heavy atom. The van der Waals surface area contributed by atoms with Gasteiger partial charge in [-0.05, 0) is 54.4 Å². The Bertz CT molecular complexity index is 1370. The number of fused-ring (bicyclic) bond motifs is 1. The smallest absolute Gasteiger partial charge is 0.355 e. The van der Waals surface area contributed by atoms with Crippen LogP contribution in [0.2, 0.25) is 5.02 Å². The highest BCUT2D eigenvalue weighted by Crippen LogP contribution is 2.35. The van der Waals surface area contributed by atoms with Gasteiger partial charge in [0.15, 0.2) is 0 Å². The molecule has 0 bridgehead atoms. The number of carbonyl (C=O) groups excluding carboxylic acids is 2. The number of hydrazone groups is 1. The summed E-state index contributed by atoms with van der Waals surface area (Å²) in [6, 6.07) is 21.3. The lowest BCUT2D eigenvalue weighted by Crippen LogP contribution is -2.17. The number of nitrogens with one attached hydrogen (secondary N) is 1. The molecular weight excluding hydrogens is 484 g/mol. The third kappa shape index (κ3) is 6.26. The van der Waals surface area contributed by atoms with Gasteiger partial charge in [0.25, 0.3) is 5.91 Å². The molecule has 0 aliphatic carbocycles. The first-order chi connectivity index (χ1) is 17.0. The maximum Gasteiger partial charge on any atom is 0.355 e. The third-order valence-corrected chi connectivity index (χ3v) is 6.71. The number of ether oxygens (including phenoxy) is 2. The van der Waals surface area contributed by atoms with Gasteiger partial charge in [-0.2, -0.15) is 5.10 Å². The number of esters is 1. The molecule has 0 aliphatic heterocycles. The minimum atomic E-state index is -0.527. The molecule has 0 unspecified atom stereocenters. The van der Waals surface area contributed by atoms with Crippen molar-refractivity contribution in [1.82, 2.24) is 5.43 Å². The number of carbonyl (C=O) groups is 2. The molecule has 3 aromatic carbocycles. The number of nitrogens with zero attached hydrogens (tertiary/aromatic N) is 1. The number of rotatable bonds is 9. The van der Waals surface area contributed by atoms with Crippen molar-refractivity contribution in [2.24, 2.45) is 5.10 Å². The van der Waals surface area contributed by atoms with Crippen molar-refractivity contribution in [3.8, 4) is 11.5 Å². The molecular formula is C27H23ClN2O4S. The highest BCUT2D eigenvalue weighted by molar-refractivity contribution is 7.21. The molecule has 0 saturated carbocycles. The van der Waals surface area contributed by atoms with Crippen molar-refractivity contribution in [3.05, 3.63) is 93.8 Å². The highest BCUT2D eigenvalue weighted by Gasteiger charge is 2.19. The van der Waals surface area contributed by atoms with E-state index in [1.807, 2.05) is 24.3 Å². The lowest BCUT2D eigenvalue weighted by atomic mass is 10.2. The van der Waals surface area contributed by atoms with E-state index < -0.39 is 5.97 Å². The molecule has 4 aromatic rings. The number of hydrogen-bond acceptors (Lipinski definition) is 6. The first kappa shape index (κ1) is 24.4. The summed E-state index contributed by atoms with van der Waals surface area (Å²) in [5.74, 6) is 0.198. The van der Waals surface area contributed by atoms with Gasteiger partial charge in [-0.25, -0.2) is 10.2 Å². The number of benzene rings is 3. The van der Waals surface area contributed by atoms with Gasteiger partial charge in [-0.15, -0.1) is 11.3 Å². The van der Waals surface area contributed by atoms with Gasteiger partial charge in [-0.1, -0.05) is 55.3 Å². The zero-order valence-electron chi connectivity index (χ0n) is 19.0. The molecule has 0 aliphatic rings. The standard InChI is InChI=1S/C27H23ClN2O4S/c1-2-3-15-33-20-13-11-19(12-14-20)26(31)30-29-17-18-7-6-8-21(16-18)34-27(32)25-24(28)22-9-4-5-10-23(22)35-25/h4-14,16-17H,2-3,15H2,1H3,(H,30,31)/b29-17+. The van der Waals surface area contributed by atoms with E-state index in [9.17, 15) is 9.59 Å². The summed E-state index contributed by atoms with van der Waals surface area (Å²) in [6.45, 7) is 2.75. The average molecular weight is 507 g/mol. The topological polar surface area (TPSA) is 77.0 Å². The average Bonchev–Trinajstić information content (AvgIpc) is 3.21. The van der Waals surface area contributed by atoms with Gasteiger partial charge < -0.3 is 9.47 Å². The fourth-order valence-electron chi connectivity index (χ4n) is 3.22. The molecule has 1 amide bonds. The van der Waals surface area contributed by atoms with E-state index in [0.717, 1.165) is 28.7 Å². The molecule has 0 fully saturated rings. The van der Waals surface area contributed by atoms with E-state index >= 15 is 0 Å². The van der Waals surface area contributed by atoms with Crippen LogP contribution in [0.3, 0.4) is 0 Å². The van der Waals surface area contributed by atoms with Crippen molar-refractivity contribution in [2.45, 2.75) is 19.8 Å². The molecule has 35 heavy (non-hydrogen) atoms. The predicted octanol–water partition coefficient (Wildman–Crippen LogP) is 6.72. The quantitative estimate of drug-likeness (QED) is 0.0898. The van der Waals surface area contributed by atoms with Crippen molar-refractivity contribution in [3.63, 3.8) is 0 Å². The van der Waals surface area contributed by atoms with Crippen LogP contribution in [0.4, 0.5) is 0 Å². The summed E-state index contributed by atoms with van der Waals surface area (Å²) in [4.78, 5) is 25.4. The number of thiophene rings is 1. The summed E-state index contributed by atoms with van der Waals surface area (Å²) in [7, 11) is 0. The first-order valence-corrected chi connectivity index (χ1v) is 12.3. The number of hydrogen-bond donors (Lipinski definition) is 1. The first-order valence-electron chi connectivity index (χ1n) is 11.1. The molecule has 0 radical (unpaired) electrons. The fourth-order valence-corrected chi connectivity index (χ4v) is 4.61. The Hall–Kier alpha value is -3.68. The van der Waals surface area contributed by atoms with Gasteiger partial charge in [0, 0.05) is 15.6 Å². The van der Waals surface area contributed by atoms with Gasteiger partial charge in [-0.3, -0.25) is 4.79 Å². The van der Waals surface area contributed by atoms with Crippen LogP contribution in [0, 0.1) is 0 Å². The summed E-state index contributed by atoms with van der Waals surface area (Å²) in [5.41, 5.74) is 3.61. The normalized spacial score (nSPS) is 11.0. The van der Waals surface area contributed by atoms with Gasteiger partial charge in [0.05, 0.1) is 17.8 Å². The molecule has 1 heterocycles. The second-order valence-corrected chi connectivity index (χ2v) is 9.06. The molecule has 0 saturated heterocycles. The minimum Gasteiger partial charge on any atom is -0.494 e. The van der Waals surface area contributed by atoms with Crippen LogP contribution >= 0.6 is 22.9 Å². The number of halogens is 1. The predicted molar refractivity (Wildman–Crippen MR) is 140 cm³/mol. The summed E-state index contributed by atoms with van der Waals surface area (Å²) < 4.78 is 12.0. The zero-order chi connectivity index (χ0) is 24.6. The van der Waals surface area contributed by atoms with Gasteiger partial charge in [0.2, 0.25) is 0 Å². The Morgan fingerprint density at radius 1 is 1.03 bits per heavy atom. The zero-order valence-corrected chi connectivity index (χ0v) is 20.6. The Morgan fingerprint density at radius 3 is 2.60 bits per heavy atom. The number of unbranched alkanes of at least 4 members (excludes halogenated alkanes) is 1. The molecule has 178 valence electrons. The molecule has 4 rings (SSSR count). The SMILES string of the molecule is CCCCOc1ccc(C(=O)N/N=C/c2cccc(OC(=O)c3sc4ccccc4c3Cl)c2)cc1. The molecule has 0 atom stereocenters. The molecule has 0 spiro atoms. The van der Waals surface area contributed by atoms with Crippen LogP contribution in [0.15, 0.2) is 77.9 Å². The second-order valence-electron chi connectivity index (χ2n) is 7.63. The maximum atomic E-state index is 12.7. The Kier molecular flexibility index (Phi) is 8.13. The van der Waals surface area contributed by atoms with E-state index in [1.165, 1.54) is 17.6 Å².